The average Bonchev–Trinajstić information content (AvgIpc) is 2.81. The number of carbonyl (C=O) groups excluding carboxylic acids is 1. The minimum absolute atomic E-state index is 0.0601. The molecule has 0 unspecified atom stereocenters. The first kappa shape index (κ1) is 14.2. The predicted octanol–water partition coefficient (Wildman–Crippen LogP) is 4.58. The van der Waals surface area contributed by atoms with Gasteiger partial charge in [-0.25, -0.2) is 0 Å². The quantitative estimate of drug-likeness (QED) is 0.614. The Morgan fingerprint density at radius 1 is 1.18 bits per heavy atom. The Morgan fingerprint density at radius 2 is 2.00 bits per heavy atom. The molecule has 2 nitrogen and oxygen atoms in total. The molecule has 4 atom stereocenters. The zero-order chi connectivity index (χ0) is 15.5. The van der Waals surface area contributed by atoms with Gasteiger partial charge in [0, 0.05) is 0 Å². The summed E-state index contributed by atoms with van der Waals surface area (Å²) in [5, 5.41) is 9.26. The van der Waals surface area contributed by atoms with E-state index in [1.54, 1.807) is 11.1 Å². The molecule has 0 aromatic rings. The second-order valence-corrected chi connectivity index (χ2v) is 8.38. The van der Waals surface area contributed by atoms with Gasteiger partial charge >= 0.3 is 0 Å². The highest BCUT2D eigenvalue weighted by molar-refractivity contribution is 5.95. The van der Waals surface area contributed by atoms with Crippen LogP contribution >= 0.6 is 0 Å². The molecular weight excluding hydrogens is 270 g/mol. The number of allylic oxidation sites excluding steroid dienone is 4. The van der Waals surface area contributed by atoms with Crippen LogP contribution in [0.4, 0.5) is 0 Å². The van der Waals surface area contributed by atoms with Gasteiger partial charge in [0.1, 0.15) is 5.92 Å². The lowest BCUT2D eigenvalue weighted by atomic mass is 9.58. The molecule has 0 spiro atoms. The summed E-state index contributed by atoms with van der Waals surface area (Å²) in [6.07, 6.45) is 10.0. The number of hydrogen-bond donors (Lipinski definition) is 0. The molecule has 0 bridgehead atoms. The molecule has 0 aliphatic heterocycles. The van der Waals surface area contributed by atoms with E-state index in [1.807, 2.05) is 6.08 Å². The van der Waals surface area contributed by atoms with Crippen LogP contribution in [0, 0.1) is 40.4 Å². The van der Waals surface area contributed by atoms with E-state index in [4.69, 9.17) is 0 Å². The summed E-state index contributed by atoms with van der Waals surface area (Å²) < 4.78 is 0. The standard InChI is InChI=1S/C20H25NO/c1-20(2)8-7-16-14-4-3-12-10-19(22)13(11-21)9-17(12)15(14)5-6-18(16)20/h10,13-15,17H,3-9H2,1-2H3/t13-,14+,15-,17-/m0/s1. The van der Waals surface area contributed by atoms with E-state index >= 15 is 0 Å². The molecule has 0 N–H and O–H groups in total. The van der Waals surface area contributed by atoms with Crippen LogP contribution in [-0.2, 0) is 4.79 Å². The molecule has 22 heavy (non-hydrogen) atoms. The van der Waals surface area contributed by atoms with Gasteiger partial charge in [-0.3, -0.25) is 4.79 Å². The summed E-state index contributed by atoms with van der Waals surface area (Å²) in [6, 6.07) is 2.24. The van der Waals surface area contributed by atoms with E-state index in [-0.39, 0.29) is 11.7 Å². The van der Waals surface area contributed by atoms with Crippen molar-refractivity contribution >= 4 is 5.78 Å². The molecule has 1 fully saturated rings. The first-order valence-electron chi connectivity index (χ1n) is 8.87. The van der Waals surface area contributed by atoms with E-state index in [1.165, 1.54) is 37.7 Å². The smallest absolute Gasteiger partial charge is 0.172 e. The molecule has 4 aliphatic carbocycles. The molecule has 0 saturated heterocycles. The summed E-state index contributed by atoms with van der Waals surface area (Å²) >= 11 is 0. The Hall–Kier alpha value is -1.36. The molecule has 2 heteroatoms. The van der Waals surface area contributed by atoms with Gasteiger partial charge in [0.25, 0.3) is 0 Å². The largest absolute Gasteiger partial charge is 0.293 e. The number of nitrogens with zero attached hydrogens (tertiary/aromatic N) is 1. The summed E-state index contributed by atoms with van der Waals surface area (Å²) in [5.41, 5.74) is 5.29. The van der Waals surface area contributed by atoms with Crippen molar-refractivity contribution < 1.29 is 4.79 Å². The van der Waals surface area contributed by atoms with Gasteiger partial charge in [0.05, 0.1) is 6.07 Å². The zero-order valence-electron chi connectivity index (χ0n) is 13.7. The fourth-order valence-electron chi connectivity index (χ4n) is 5.79. The minimum Gasteiger partial charge on any atom is -0.293 e. The minimum atomic E-state index is -0.386. The zero-order valence-corrected chi connectivity index (χ0v) is 13.7. The van der Waals surface area contributed by atoms with Crippen LogP contribution in [0.5, 0.6) is 0 Å². The van der Waals surface area contributed by atoms with Crippen LogP contribution in [0.2, 0.25) is 0 Å². The van der Waals surface area contributed by atoms with Crippen molar-refractivity contribution in [2.75, 3.05) is 0 Å². The SMILES string of the molecule is CC1(C)CCC2=C1CC[C@@H]1[C@H]3C[C@@H](C#N)C(=O)C=C3CC[C@@H]21. The number of nitriles is 1. The first-order valence-corrected chi connectivity index (χ1v) is 8.87. The Morgan fingerprint density at radius 3 is 2.77 bits per heavy atom. The highest BCUT2D eigenvalue weighted by atomic mass is 16.1. The lowest BCUT2D eigenvalue weighted by Gasteiger charge is -2.46. The molecule has 1 saturated carbocycles. The van der Waals surface area contributed by atoms with Crippen LogP contribution in [0.25, 0.3) is 0 Å². The van der Waals surface area contributed by atoms with Gasteiger partial charge in [-0.05, 0) is 74.2 Å². The van der Waals surface area contributed by atoms with Crippen molar-refractivity contribution in [2.45, 2.75) is 58.8 Å². The Balaban J connectivity index is 1.67. The molecule has 4 rings (SSSR count). The lowest BCUT2D eigenvalue weighted by molar-refractivity contribution is -0.118. The van der Waals surface area contributed by atoms with Crippen molar-refractivity contribution in [1.29, 1.82) is 5.26 Å². The second kappa shape index (κ2) is 4.82. The summed E-state index contributed by atoms with van der Waals surface area (Å²) in [4.78, 5) is 12.0. The third-order valence-electron chi connectivity index (χ3n) is 6.97. The van der Waals surface area contributed by atoms with Crippen molar-refractivity contribution in [3.8, 4) is 6.07 Å². The molecule has 0 radical (unpaired) electrons. The molecule has 4 aliphatic rings. The van der Waals surface area contributed by atoms with Gasteiger partial charge in [-0.15, -0.1) is 0 Å². The Labute approximate surface area is 133 Å². The van der Waals surface area contributed by atoms with Gasteiger partial charge < -0.3 is 0 Å². The van der Waals surface area contributed by atoms with E-state index in [0.29, 0.717) is 17.3 Å². The third kappa shape index (κ3) is 1.94. The monoisotopic (exact) mass is 295 g/mol. The fraction of sp³-hybridized carbons (Fsp3) is 0.700. The van der Waals surface area contributed by atoms with E-state index in [9.17, 15) is 10.1 Å². The van der Waals surface area contributed by atoms with Crippen LogP contribution in [0.1, 0.15) is 58.8 Å². The van der Waals surface area contributed by atoms with Gasteiger partial charge in [0.2, 0.25) is 0 Å². The van der Waals surface area contributed by atoms with Gasteiger partial charge in [0.15, 0.2) is 5.78 Å². The number of carbonyl (C=O) groups is 1. The number of hydrogen-bond acceptors (Lipinski definition) is 2. The number of rotatable bonds is 0. The summed E-state index contributed by atoms with van der Waals surface area (Å²) in [6.45, 7) is 4.82. The van der Waals surface area contributed by atoms with Crippen LogP contribution in [0.3, 0.4) is 0 Å². The Bertz CT molecular complexity index is 631. The highest BCUT2D eigenvalue weighted by Crippen LogP contribution is 2.58. The molecule has 0 aromatic carbocycles. The van der Waals surface area contributed by atoms with Crippen LogP contribution in [0.15, 0.2) is 22.8 Å². The third-order valence-corrected chi connectivity index (χ3v) is 6.97. The highest BCUT2D eigenvalue weighted by Gasteiger charge is 2.47. The van der Waals surface area contributed by atoms with Crippen LogP contribution < -0.4 is 0 Å². The van der Waals surface area contributed by atoms with E-state index in [2.05, 4.69) is 19.9 Å². The molecule has 0 amide bonds. The molecule has 0 aromatic heterocycles. The van der Waals surface area contributed by atoms with Gasteiger partial charge in [-0.1, -0.05) is 30.6 Å². The van der Waals surface area contributed by atoms with Crippen molar-refractivity contribution in [2.24, 2.45) is 29.1 Å². The van der Waals surface area contributed by atoms with Gasteiger partial charge in [-0.2, -0.15) is 5.26 Å². The first-order chi connectivity index (χ1) is 10.5. The number of ketones is 1. The molecular formula is C20H25NO. The maximum absolute atomic E-state index is 12.0. The van der Waals surface area contributed by atoms with Crippen molar-refractivity contribution in [1.82, 2.24) is 0 Å². The normalized spacial score (nSPS) is 39.5. The second-order valence-electron chi connectivity index (χ2n) is 8.38. The maximum Gasteiger partial charge on any atom is 0.172 e. The van der Waals surface area contributed by atoms with Crippen molar-refractivity contribution in [3.63, 3.8) is 0 Å². The predicted molar refractivity (Wildman–Crippen MR) is 85.8 cm³/mol. The van der Waals surface area contributed by atoms with E-state index < -0.39 is 0 Å². The van der Waals surface area contributed by atoms with Crippen LogP contribution in [-0.4, -0.2) is 5.78 Å². The topological polar surface area (TPSA) is 40.9 Å². The lowest BCUT2D eigenvalue weighted by Crippen LogP contribution is -2.38. The molecule has 116 valence electrons. The average molecular weight is 295 g/mol. The summed E-state index contributed by atoms with van der Waals surface area (Å²) in [5.74, 6) is 1.60. The number of fused-ring (bicyclic) bond motifs is 4. The summed E-state index contributed by atoms with van der Waals surface area (Å²) in [7, 11) is 0. The van der Waals surface area contributed by atoms with Crippen molar-refractivity contribution in [3.05, 3.63) is 22.8 Å². The maximum atomic E-state index is 12.0. The van der Waals surface area contributed by atoms with E-state index in [0.717, 1.165) is 18.8 Å². The Kier molecular flexibility index (Phi) is 3.12. The molecule has 0 heterocycles. The fourth-order valence-corrected chi connectivity index (χ4v) is 5.79.